The van der Waals surface area contributed by atoms with Gasteiger partial charge in [0.15, 0.2) is 0 Å². The van der Waals surface area contributed by atoms with Crippen molar-refractivity contribution in [2.75, 3.05) is 0 Å². The van der Waals surface area contributed by atoms with Gasteiger partial charge in [-0.15, -0.1) is 0 Å². The van der Waals surface area contributed by atoms with Crippen molar-refractivity contribution in [1.82, 2.24) is 0 Å². The highest BCUT2D eigenvalue weighted by molar-refractivity contribution is 5.86. The topological polar surface area (TPSA) is 12.4 Å². The van der Waals surface area contributed by atoms with Gasteiger partial charge in [-0.2, -0.15) is 4.39 Å². The van der Waals surface area contributed by atoms with Crippen molar-refractivity contribution in [2.45, 2.75) is 6.92 Å². The Bertz CT molecular complexity index is 189. The summed E-state index contributed by atoms with van der Waals surface area (Å²) in [5, 5.41) is 0. The molecule has 0 unspecified atom stereocenters. The van der Waals surface area contributed by atoms with Crippen LogP contribution in [0.2, 0.25) is 0 Å². The molecule has 0 atom stereocenters. The van der Waals surface area contributed by atoms with E-state index < -0.39 is 5.97 Å². The van der Waals surface area contributed by atoms with Crippen LogP contribution < -0.4 is 0 Å². The molecule has 1 nitrogen and oxygen atoms in total. The number of hydrogen-bond acceptors (Lipinski definition) is 1. The molecule has 0 N–H and O–H groups in total. The van der Waals surface area contributed by atoms with Gasteiger partial charge in [0.25, 0.3) is 0 Å². The summed E-state index contributed by atoms with van der Waals surface area (Å²) >= 11 is 0. The summed E-state index contributed by atoms with van der Waals surface area (Å²) in [6.07, 6.45) is 4.01. The second-order valence-corrected chi connectivity index (χ2v) is 1.82. The van der Waals surface area contributed by atoms with Crippen molar-refractivity contribution in [3.8, 4) is 0 Å². The molecule has 0 saturated carbocycles. The van der Waals surface area contributed by atoms with Crippen LogP contribution >= 0.6 is 0 Å². The summed E-state index contributed by atoms with van der Waals surface area (Å²) in [5.74, 6) is -0.586. The number of allylic oxidation sites excluding steroid dienone is 3. The van der Waals surface area contributed by atoms with Crippen molar-refractivity contribution in [3.63, 3.8) is 0 Å². The monoisotopic (exact) mass is 139 g/mol. The van der Waals surface area contributed by atoms with Gasteiger partial charge in [-0.25, -0.2) is 4.99 Å². The Balaban J connectivity index is 3.93. The predicted octanol–water partition coefficient (Wildman–Crippen LogP) is 2.63. The fourth-order valence-electron chi connectivity index (χ4n) is 0.288. The molecule has 0 aliphatic carbocycles. The quantitative estimate of drug-likeness (QED) is 0.421. The van der Waals surface area contributed by atoms with Gasteiger partial charge in [0.05, 0.1) is 0 Å². The van der Waals surface area contributed by atoms with E-state index in [2.05, 4.69) is 18.2 Å². The molecule has 0 bridgehead atoms. The number of rotatable bonds is 3. The number of aliphatic imine (C=N–C) groups is 1. The van der Waals surface area contributed by atoms with Crippen LogP contribution in [-0.2, 0) is 0 Å². The van der Waals surface area contributed by atoms with Crippen LogP contribution in [-0.4, -0.2) is 5.97 Å². The fourth-order valence-corrected chi connectivity index (χ4v) is 0.288. The lowest BCUT2D eigenvalue weighted by Gasteiger charge is -1.81. The lowest BCUT2D eigenvalue weighted by atomic mass is 10.3. The number of halogens is 1. The molecule has 2 heteroatoms. The summed E-state index contributed by atoms with van der Waals surface area (Å²) in [4.78, 5) is 3.37. The highest BCUT2D eigenvalue weighted by atomic mass is 19.1. The van der Waals surface area contributed by atoms with E-state index in [0.717, 1.165) is 11.6 Å². The standard InChI is InChI=1S/C8H10FN/c1-4-8(9)10-6-5-7(2)3/h4-6H,1-2H2,3H3/b6-5-,10-8?. The van der Waals surface area contributed by atoms with E-state index in [1.54, 1.807) is 13.0 Å². The largest absolute Gasteiger partial charge is 0.228 e. The molecule has 0 aromatic carbocycles. The van der Waals surface area contributed by atoms with Crippen LogP contribution in [0.15, 0.2) is 42.1 Å². The summed E-state index contributed by atoms with van der Waals surface area (Å²) in [6, 6.07) is 0. The smallest absolute Gasteiger partial charge is 0.212 e. The fraction of sp³-hybridized carbons (Fsp3) is 0.125. The Morgan fingerprint density at radius 1 is 1.60 bits per heavy atom. The first-order chi connectivity index (χ1) is 4.66. The molecule has 0 fully saturated rings. The van der Waals surface area contributed by atoms with Gasteiger partial charge in [-0.1, -0.05) is 18.7 Å². The second kappa shape index (κ2) is 4.68. The average Bonchev–Trinajstić information content (AvgIpc) is 1.87. The normalized spacial score (nSPS) is 12.0. The molecule has 10 heavy (non-hydrogen) atoms. The van der Waals surface area contributed by atoms with Gasteiger partial charge < -0.3 is 0 Å². The van der Waals surface area contributed by atoms with Crippen molar-refractivity contribution >= 4 is 5.97 Å². The third-order valence-corrected chi connectivity index (χ3v) is 0.725. The number of nitrogens with zero attached hydrogens (tertiary/aromatic N) is 1. The minimum absolute atomic E-state index is 0.586. The summed E-state index contributed by atoms with van der Waals surface area (Å²) < 4.78 is 12.1. The lowest BCUT2D eigenvalue weighted by molar-refractivity contribution is 0.813. The average molecular weight is 139 g/mol. The van der Waals surface area contributed by atoms with Gasteiger partial charge in [-0.3, -0.25) is 0 Å². The van der Waals surface area contributed by atoms with E-state index in [1.165, 1.54) is 6.20 Å². The van der Waals surface area contributed by atoms with E-state index in [1.807, 2.05) is 0 Å². The maximum atomic E-state index is 12.1. The molecular weight excluding hydrogens is 129 g/mol. The van der Waals surface area contributed by atoms with Gasteiger partial charge in [0.1, 0.15) is 0 Å². The molecule has 0 heterocycles. The Kier molecular flexibility index (Phi) is 4.12. The SMILES string of the molecule is C=CC(F)=N/C=C\C(=C)C. The maximum Gasteiger partial charge on any atom is 0.212 e. The van der Waals surface area contributed by atoms with Gasteiger partial charge >= 0.3 is 0 Å². The van der Waals surface area contributed by atoms with Crippen molar-refractivity contribution in [3.05, 3.63) is 37.1 Å². The summed E-state index contributed by atoms with van der Waals surface area (Å²) in [7, 11) is 0. The van der Waals surface area contributed by atoms with E-state index >= 15 is 0 Å². The predicted molar refractivity (Wildman–Crippen MR) is 42.7 cm³/mol. The van der Waals surface area contributed by atoms with Crippen molar-refractivity contribution in [1.29, 1.82) is 0 Å². The molecule has 54 valence electrons. The molecule has 0 aromatic heterocycles. The zero-order chi connectivity index (χ0) is 7.98. The maximum absolute atomic E-state index is 12.1. The molecule has 0 saturated heterocycles. The van der Waals surface area contributed by atoms with Crippen LogP contribution in [0, 0.1) is 0 Å². The number of hydrogen-bond donors (Lipinski definition) is 0. The van der Waals surface area contributed by atoms with Crippen LogP contribution in [0.1, 0.15) is 6.92 Å². The van der Waals surface area contributed by atoms with E-state index in [-0.39, 0.29) is 0 Å². The molecular formula is C8H10FN. The zero-order valence-corrected chi connectivity index (χ0v) is 5.97. The van der Waals surface area contributed by atoms with Gasteiger partial charge in [-0.05, 0) is 19.1 Å². The van der Waals surface area contributed by atoms with Gasteiger partial charge in [0, 0.05) is 6.20 Å². The first-order valence-electron chi connectivity index (χ1n) is 2.84. The Hall–Kier alpha value is -1.18. The summed E-state index contributed by atoms with van der Waals surface area (Å²) in [5.41, 5.74) is 0.834. The Morgan fingerprint density at radius 3 is 2.60 bits per heavy atom. The molecule has 0 aliphatic heterocycles. The molecule has 0 amide bonds. The molecule has 0 radical (unpaired) electrons. The van der Waals surface area contributed by atoms with E-state index in [4.69, 9.17) is 0 Å². The molecule has 0 spiro atoms. The lowest BCUT2D eigenvalue weighted by Crippen LogP contribution is -1.75. The van der Waals surface area contributed by atoms with E-state index in [9.17, 15) is 4.39 Å². The highest BCUT2D eigenvalue weighted by Gasteiger charge is 1.80. The molecule has 0 aromatic rings. The summed E-state index contributed by atoms with van der Waals surface area (Å²) in [6.45, 7) is 8.57. The minimum Gasteiger partial charge on any atom is -0.228 e. The minimum atomic E-state index is -0.586. The van der Waals surface area contributed by atoms with Crippen LogP contribution in [0.3, 0.4) is 0 Å². The van der Waals surface area contributed by atoms with Crippen LogP contribution in [0.4, 0.5) is 4.39 Å². The third-order valence-electron chi connectivity index (χ3n) is 0.725. The van der Waals surface area contributed by atoms with Crippen LogP contribution in [0.25, 0.3) is 0 Å². The van der Waals surface area contributed by atoms with E-state index in [0.29, 0.717) is 0 Å². The second-order valence-electron chi connectivity index (χ2n) is 1.82. The first kappa shape index (κ1) is 8.82. The third kappa shape index (κ3) is 4.97. The van der Waals surface area contributed by atoms with Crippen LogP contribution in [0.5, 0.6) is 0 Å². The van der Waals surface area contributed by atoms with Crippen molar-refractivity contribution < 1.29 is 4.39 Å². The van der Waals surface area contributed by atoms with Gasteiger partial charge in [0.2, 0.25) is 5.97 Å². The molecule has 0 rings (SSSR count). The Morgan fingerprint density at radius 2 is 2.20 bits per heavy atom. The molecule has 0 aliphatic rings. The first-order valence-corrected chi connectivity index (χ1v) is 2.84. The zero-order valence-electron chi connectivity index (χ0n) is 5.97. The highest BCUT2D eigenvalue weighted by Crippen LogP contribution is 1.90. The van der Waals surface area contributed by atoms with Crippen molar-refractivity contribution in [2.24, 2.45) is 4.99 Å². The Labute approximate surface area is 60.3 Å².